The van der Waals surface area contributed by atoms with Gasteiger partial charge in [-0.25, -0.2) is 4.39 Å². The molecule has 7 heteroatoms. The highest BCUT2D eigenvalue weighted by Gasteiger charge is 2.29. The summed E-state index contributed by atoms with van der Waals surface area (Å²) < 4.78 is 34.0. The van der Waals surface area contributed by atoms with Crippen LogP contribution in [0.4, 0.5) is 10.1 Å². The van der Waals surface area contributed by atoms with Crippen molar-refractivity contribution in [3.63, 3.8) is 0 Å². The maximum absolute atomic E-state index is 13.9. The lowest BCUT2D eigenvalue weighted by atomic mass is 10.1. The minimum Gasteiger partial charge on any atom is -0.366 e. The Kier molecular flexibility index (Phi) is 4.22. The van der Waals surface area contributed by atoms with E-state index >= 15 is 0 Å². The molecule has 0 radical (unpaired) electrons. The third kappa shape index (κ3) is 2.88. The molecule has 4 rings (SSSR count). The van der Waals surface area contributed by atoms with Crippen LogP contribution >= 0.6 is 10.6 Å². The molecule has 1 saturated heterocycles. The first kappa shape index (κ1) is 17.1. The largest absolute Gasteiger partial charge is 0.366 e. The molecule has 1 fully saturated rings. The van der Waals surface area contributed by atoms with Crippen molar-refractivity contribution in [1.82, 2.24) is 4.90 Å². The van der Waals surface area contributed by atoms with E-state index in [4.69, 9.17) is 0 Å². The fourth-order valence-electron chi connectivity index (χ4n) is 3.43. The Labute approximate surface area is 152 Å². The number of benzene rings is 2. The van der Waals surface area contributed by atoms with Crippen LogP contribution in [0.25, 0.3) is 6.08 Å². The molecule has 2 N–H and O–H groups in total. The Morgan fingerprint density at radius 2 is 1.73 bits per heavy atom. The number of hydrogen-bond acceptors (Lipinski definition) is 4. The second-order valence-corrected chi connectivity index (χ2v) is 8.24. The van der Waals surface area contributed by atoms with Gasteiger partial charge in [-0.2, -0.15) is 0 Å². The van der Waals surface area contributed by atoms with E-state index < -0.39 is 10.6 Å². The molecule has 26 heavy (non-hydrogen) atoms. The van der Waals surface area contributed by atoms with Crippen molar-refractivity contribution >= 4 is 28.3 Å². The lowest BCUT2D eigenvalue weighted by Gasteiger charge is -2.36. The number of anilines is 1. The Bertz CT molecular complexity index is 892. The van der Waals surface area contributed by atoms with Crippen LogP contribution in [0.2, 0.25) is 0 Å². The first-order valence-corrected chi connectivity index (χ1v) is 9.96. The maximum atomic E-state index is 13.9. The van der Waals surface area contributed by atoms with Gasteiger partial charge in [0.1, 0.15) is 5.82 Å². The van der Waals surface area contributed by atoms with Gasteiger partial charge in [0, 0.05) is 42.7 Å². The van der Waals surface area contributed by atoms with Crippen molar-refractivity contribution in [2.24, 2.45) is 0 Å². The summed E-state index contributed by atoms with van der Waals surface area (Å²) in [5, 5.41) is 1.35. The predicted molar refractivity (Wildman–Crippen MR) is 101 cm³/mol. The molecule has 136 valence electrons. The molecule has 0 spiro atoms. The molecule has 0 bridgehead atoms. The van der Waals surface area contributed by atoms with E-state index in [1.807, 2.05) is 4.90 Å². The number of para-hydroxylation sites is 1. The SMILES string of the molecule is O=C(c1cccc2c1C=CS2(O)O)N1CCN(c2ccccc2F)CC1. The minimum atomic E-state index is -2.94. The van der Waals surface area contributed by atoms with E-state index in [9.17, 15) is 18.3 Å². The van der Waals surface area contributed by atoms with Gasteiger partial charge in [-0.1, -0.05) is 18.2 Å². The Hall–Kier alpha value is -2.35. The van der Waals surface area contributed by atoms with Gasteiger partial charge in [0.2, 0.25) is 0 Å². The highest BCUT2D eigenvalue weighted by Crippen LogP contribution is 2.56. The third-order valence-corrected chi connectivity index (χ3v) is 6.32. The highest BCUT2D eigenvalue weighted by molar-refractivity contribution is 8.27. The summed E-state index contributed by atoms with van der Waals surface area (Å²) in [7, 11) is -2.94. The molecule has 5 nitrogen and oxygen atoms in total. The molecule has 0 aliphatic carbocycles. The number of halogens is 1. The Morgan fingerprint density at radius 1 is 1.00 bits per heavy atom. The lowest BCUT2D eigenvalue weighted by Crippen LogP contribution is -2.49. The predicted octanol–water partition coefficient (Wildman–Crippen LogP) is 3.88. The molecular weight excluding hydrogens is 355 g/mol. The zero-order valence-corrected chi connectivity index (χ0v) is 14.8. The van der Waals surface area contributed by atoms with Crippen LogP contribution in [-0.2, 0) is 0 Å². The first-order chi connectivity index (χ1) is 12.5. The molecule has 0 unspecified atom stereocenters. The summed E-state index contributed by atoms with van der Waals surface area (Å²) >= 11 is 0. The molecule has 2 heterocycles. The molecule has 0 aromatic heterocycles. The van der Waals surface area contributed by atoms with Crippen molar-refractivity contribution in [3.05, 3.63) is 64.8 Å². The third-order valence-electron chi connectivity index (χ3n) is 4.80. The topological polar surface area (TPSA) is 64.0 Å². The van der Waals surface area contributed by atoms with Gasteiger partial charge in [0.25, 0.3) is 5.91 Å². The second kappa shape index (κ2) is 6.42. The molecule has 2 aromatic rings. The molecular formula is C19H19FN2O3S. The number of nitrogens with zero attached hydrogens (tertiary/aromatic N) is 2. The highest BCUT2D eigenvalue weighted by atomic mass is 32.3. The van der Waals surface area contributed by atoms with Crippen LogP contribution in [-0.4, -0.2) is 46.1 Å². The Balaban J connectivity index is 1.51. The van der Waals surface area contributed by atoms with Crippen molar-refractivity contribution < 1.29 is 18.3 Å². The summed E-state index contributed by atoms with van der Waals surface area (Å²) in [6.07, 6.45) is 1.60. The minimum absolute atomic E-state index is 0.142. The number of amides is 1. The lowest BCUT2D eigenvalue weighted by molar-refractivity contribution is 0.0746. The number of piperazine rings is 1. The zero-order chi connectivity index (χ0) is 18.3. The summed E-state index contributed by atoms with van der Waals surface area (Å²) in [5.41, 5.74) is 1.60. The van der Waals surface area contributed by atoms with Crippen molar-refractivity contribution in [3.8, 4) is 0 Å². The number of rotatable bonds is 2. The summed E-state index contributed by atoms with van der Waals surface area (Å²) in [6, 6.07) is 11.6. The molecule has 0 saturated carbocycles. The molecule has 1 amide bonds. The van der Waals surface area contributed by atoms with Gasteiger partial charge in [0.15, 0.2) is 0 Å². The number of fused-ring (bicyclic) bond motifs is 1. The van der Waals surface area contributed by atoms with Crippen LogP contribution in [0.5, 0.6) is 0 Å². The van der Waals surface area contributed by atoms with E-state index in [1.54, 1.807) is 47.4 Å². The van der Waals surface area contributed by atoms with Gasteiger partial charge >= 0.3 is 0 Å². The number of carbonyl (C=O) groups is 1. The number of hydrogen-bond donors (Lipinski definition) is 2. The van der Waals surface area contributed by atoms with Gasteiger partial charge in [0.05, 0.1) is 10.6 Å². The van der Waals surface area contributed by atoms with Gasteiger partial charge in [-0.15, -0.1) is 10.6 Å². The summed E-state index contributed by atoms with van der Waals surface area (Å²) in [6.45, 7) is 2.06. The molecule has 0 atom stereocenters. The van der Waals surface area contributed by atoms with E-state index in [2.05, 4.69) is 0 Å². The van der Waals surface area contributed by atoms with Gasteiger partial charge in [-0.05, 0) is 30.3 Å². The monoisotopic (exact) mass is 374 g/mol. The van der Waals surface area contributed by atoms with E-state index in [1.165, 1.54) is 11.5 Å². The van der Waals surface area contributed by atoms with Crippen LogP contribution in [0.3, 0.4) is 0 Å². The Morgan fingerprint density at radius 3 is 2.46 bits per heavy atom. The fraction of sp³-hybridized carbons (Fsp3) is 0.211. The van der Waals surface area contributed by atoms with Crippen molar-refractivity contribution in [2.75, 3.05) is 31.1 Å². The molecule has 2 aliphatic heterocycles. The average Bonchev–Trinajstić information content (AvgIpc) is 2.97. The van der Waals surface area contributed by atoms with Gasteiger partial charge in [-0.3, -0.25) is 13.9 Å². The van der Waals surface area contributed by atoms with Crippen molar-refractivity contribution in [1.29, 1.82) is 0 Å². The standard InChI is InChI=1S/C19H19FN2O3S/c20-16-5-1-2-6-17(16)21-9-11-22(12-10-21)19(23)15-4-3-7-18-14(15)8-13-26(18,24)25/h1-8,13,24-25H,9-12H2. The van der Waals surface area contributed by atoms with E-state index in [0.717, 1.165) is 0 Å². The van der Waals surface area contributed by atoms with Gasteiger partial charge < -0.3 is 9.80 Å². The van der Waals surface area contributed by atoms with Crippen LogP contribution in [0.15, 0.2) is 52.8 Å². The van der Waals surface area contributed by atoms with E-state index in [-0.39, 0.29) is 11.7 Å². The fourth-order valence-corrected chi connectivity index (χ4v) is 4.68. The average molecular weight is 374 g/mol. The van der Waals surface area contributed by atoms with Crippen LogP contribution < -0.4 is 4.90 Å². The molecule has 2 aliphatic rings. The summed E-state index contributed by atoms with van der Waals surface area (Å²) in [4.78, 5) is 17.0. The normalized spacial score (nSPS) is 19.3. The van der Waals surface area contributed by atoms with E-state index in [0.29, 0.717) is 47.9 Å². The zero-order valence-electron chi connectivity index (χ0n) is 14.0. The molecule has 2 aromatic carbocycles. The van der Waals surface area contributed by atoms with Crippen LogP contribution in [0.1, 0.15) is 15.9 Å². The van der Waals surface area contributed by atoms with Crippen LogP contribution in [0, 0.1) is 5.82 Å². The first-order valence-electron chi connectivity index (χ1n) is 8.35. The van der Waals surface area contributed by atoms with Crippen molar-refractivity contribution in [2.45, 2.75) is 4.90 Å². The second-order valence-electron chi connectivity index (χ2n) is 6.34. The maximum Gasteiger partial charge on any atom is 0.254 e. The summed E-state index contributed by atoms with van der Waals surface area (Å²) in [5.74, 6) is -0.403. The quantitative estimate of drug-likeness (QED) is 0.837. The number of carbonyl (C=O) groups excluding carboxylic acids is 1. The smallest absolute Gasteiger partial charge is 0.254 e.